The normalized spacial score (nSPS) is 20.1. The van der Waals surface area contributed by atoms with E-state index < -0.39 is 15.8 Å². The van der Waals surface area contributed by atoms with Gasteiger partial charge in [-0.05, 0) is 56.3 Å². The zero-order valence-corrected chi connectivity index (χ0v) is 16.9. The lowest BCUT2D eigenvalue weighted by atomic mass is 10.1. The highest BCUT2D eigenvalue weighted by atomic mass is 35.5. The molecule has 1 fully saturated rings. The minimum Gasteiger partial charge on any atom is -0.375 e. The first-order valence-corrected chi connectivity index (χ1v) is 10.5. The lowest BCUT2D eigenvalue weighted by Crippen LogP contribution is -2.50. The van der Waals surface area contributed by atoms with Gasteiger partial charge in [-0.15, -0.1) is 0 Å². The molecule has 0 spiro atoms. The standard InChI is InChI=1S/C19H20ClFN2O4S/c1-12-11-27-13(2)10-23(12)19(24)14-3-8-17(20)18(9-14)28(25,26)22-16-6-4-15(21)5-7-16/h3-9,12-13,22H,10-11H2,1-2H3/t12-,13+/m0/s1. The summed E-state index contributed by atoms with van der Waals surface area (Å²) in [6.07, 6.45) is -0.101. The van der Waals surface area contributed by atoms with Crippen LogP contribution in [0.5, 0.6) is 0 Å². The van der Waals surface area contributed by atoms with Crippen molar-refractivity contribution in [1.82, 2.24) is 4.90 Å². The summed E-state index contributed by atoms with van der Waals surface area (Å²) in [5, 5.41) is -0.0189. The number of carbonyl (C=O) groups is 1. The molecule has 1 N–H and O–H groups in total. The van der Waals surface area contributed by atoms with E-state index in [1.807, 2.05) is 13.8 Å². The summed E-state index contributed by atoms with van der Waals surface area (Å²) >= 11 is 6.09. The van der Waals surface area contributed by atoms with Gasteiger partial charge in [-0.3, -0.25) is 9.52 Å². The number of carbonyl (C=O) groups excluding carboxylic acids is 1. The minimum atomic E-state index is -4.07. The van der Waals surface area contributed by atoms with E-state index in [0.29, 0.717) is 13.2 Å². The SMILES string of the molecule is C[C@@H]1CN(C(=O)c2ccc(Cl)c(S(=O)(=O)Nc3ccc(F)cc3)c2)[C@@H](C)CO1. The molecular weight excluding hydrogens is 407 g/mol. The Balaban J connectivity index is 1.90. The van der Waals surface area contributed by atoms with Gasteiger partial charge in [0.2, 0.25) is 0 Å². The molecule has 0 bridgehead atoms. The lowest BCUT2D eigenvalue weighted by molar-refractivity contribution is -0.0387. The van der Waals surface area contributed by atoms with E-state index >= 15 is 0 Å². The fourth-order valence-corrected chi connectivity index (χ4v) is 4.51. The van der Waals surface area contributed by atoms with E-state index in [9.17, 15) is 17.6 Å². The summed E-state index contributed by atoms with van der Waals surface area (Å²) in [5.74, 6) is -0.778. The van der Waals surface area contributed by atoms with Crippen molar-refractivity contribution in [3.63, 3.8) is 0 Å². The van der Waals surface area contributed by atoms with Crippen molar-refractivity contribution in [3.8, 4) is 0 Å². The fraction of sp³-hybridized carbons (Fsp3) is 0.316. The molecule has 1 aliphatic rings. The van der Waals surface area contributed by atoms with Crippen LogP contribution in [0.2, 0.25) is 5.02 Å². The van der Waals surface area contributed by atoms with Crippen molar-refractivity contribution >= 4 is 33.2 Å². The number of hydrogen-bond acceptors (Lipinski definition) is 4. The summed E-state index contributed by atoms with van der Waals surface area (Å²) in [6, 6.07) is 8.87. The largest absolute Gasteiger partial charge is 0.375 e. The van der Waals surface area contributed by atoms with E-state index in [4.69, 9.17) is 16.3 Å². The van der Waals surface area contributed by atoms with Crippen molar-refractivity contribution in [2.75, 3.05) is 17.9 Å². The van der Waals surface area contributed by atoms with Crippen LogP contribution in [0, 0.1) is 5.82 Å². The highest BCUT2D eigenvalue weighted by Crippen LogP contribution is 2.26. The Kier molecular flexibility index (Phi) is 5.92. The van der Waals surface area contributed by atoms with Crippen LogP contribution in [0.3, 0.4) is 0 Å². The third-order valence-corrected chi connectivity index (χ3v) is 6.30. The summed E-state index contributed by atoms with van der Waals surface area (Å²) in [6.45, 7) is 4.57. The number of anilines is 1. The van der Waals surface area contributed by atoms with E-state index in [2.05, 4.69) is 4.72 Å². The van der Waals surface area contributed by atoms with E-state index in [1.54, 1.807) is 4.90 Å². The van der Waals surface area contributed by atoms with Crippen LogP contribution in [0.4, 0.5) is 10.1 Å². The highest BCUT2D eigenvalue weighted by Gasteiger charge is 2.29. The van der Waals surface area contributed by atoms with Gasteiger partial charge in [0.25, 0.3) is 15.9 Å². The van der Waals surface area contributed by atoms with Gasteiger partial charge in [0.05, 0.1) is 23.8 Å². The van der Waals surface area contributed by atoms with Crippen LogP contribution in [-0.2, 0) is 14.8 Å². The molecule has 0 unspecified atom stereocenters. The van der Waals surface area contributed by atoms with Crippen molar-refractivity contribution < 1.29 is 22.3 Å². The number of amides is 1. The smallest absolute Gasteiger partial charge is 0.263 e. The van der Waals surface area contributed by atoms with E-state index in [-0.39, 0.29) is 39.2 Å². The molecule has 0 aromatic heterocycles. The highest BCUT2D eigenvalue weighted by molar-refractivity contribution is 7.92. The first kappa shape index (κ1) is 20.6. The number of morpholine rings is 1. The number of nitrogens with one attached hydrogen (secondary N) is 1. The average Bonchev–Trinajstić information content (AvgIpc) is 2.65. The number of sulfonamides is 1. The molecule has 2 aromatic carbocycles. The molecule has 3 rings (SSSR count). The van der Waals surface area contributed by atoms with Crippen LogP contribution in [0.25, 0.3) is 0 Å². The summed E-state index contributed by atoms with van der Waals surface area (Å²) in [4.78, 5) is 14.3. The van der Waals surface area contributed by atoms with Crippen molar-refractivity contribution in [3.05, 3.63) is 58.9 Å². The van der Waals surface area contributed by atoms with Gasteiger partial charge < -0.3 is 9.64 Å². The number of ether oxygens (including phenoxy) is 1. The second-order valence-electron chi connectivity index (χ2n) is 6.71. The molecule has 2 aromatic rings. The van der Waals surface area contributed by atoms with Crippen LogP contribution < -0.4 is 4.72 Å². The van der Waals surface area contributed by atoms with Crippen LogP contribution >= 0.6 is 11.6 Å². The van der Waals surface area contributed by atoms with Crippen molar-refractivity contribution in [1.29, 1.82) is 0 Å². The van der Waals surface area contributed by atoms with Crippen LogP contribution in [0.15, 0.2) is 47.4 Å². The quantitative estimate of drug-likeness (QED) is 0.811. The number of benzene rings is 2. The van der Waals surface area contributed by atoms with E-state index in [1.165, 1.54) is 30.3 Å². The topological polar surface area (TPSA) is 75.7 Å². The molecule has 0 saturated carbocycles. The molecule has 1 amide bonds. The molecule has 1 saturated heterocycles. The Hall–Kier alpha value is -2.16. The fourth-order valence-electron chi connectivity index (χ4n) is 2.92. The number of nitrogens with zero attached hydrogens (tertiary/aromatic N) is 1. The van der Waals surface area contributed by atoms with Gasteiger partial charge in [-0.1, -0.05) is 11.6 Å². The van der Waals surface area contributed by atoms with Gasteiger partial charge in [-0.25, -0.2) is 12.8 Å². The maximum absolute atomic E-state index is 13.0. The van der Waals surface area contributed by atoms with Gasteiger partial charge in [0, 0.05) is 17.8 Å². The maximum atomic E-state index is 13.0. The molecule has 150 valence electrons. The average molecular weight is 427 g/mol. The predicted octanol–water partition coefficient (Wildman–Crippen LogP) is 3.53. The molecule has 1 heterocycles. The Morgan fingerprint density at radius 2 is 1.89 bits per heavy atom. The molecule has 6 nitrogen and oxygen atoms in total. The molecule has 0 radical (unpaired) electrons. The Labute approximate surface area is 168 Å². The van der Waals surface area contributed by atoms with Gasteiger partial charge in [-0.2, -0.15) is 0 Å². The first-order valence-electron chi connectivity index (χ1n) is 8.68. The van der Waals surface area contributed by atoms with Crippen LogP contribution in [-0.4, -0.2) is 44.5 Å². The number of hydrogen-bond donors (Lipinski definition) is 1. The minimum absolute atomic E-state index is 0.0189. The van der Waals surface area contributed by atoms with Crippen molar-refractivity contribution in [2.45, 2.75) is 30.9 Å². The zero-order chi connectivity index (χ0) is 20.5. The summed E-state index contributed by atoms with van der Waals surface area (Å²) in [7, 11) is -4.07. The number of halogens is 2. The first-order chi connectivity index (χ1) is 13.2. The van der Waals surface area contributed by atoms with Crippen molar-refractivity contribution in [2.24, 2.45) is 0 Å². The second kappa shape index (κ2) is 8.06. The third-order valence-electron chi connectivity index (χ3n) is 4.43. The Bertz CT molecular complexity index is 982. The zero-order valence-electron chi connectivity index (χ0n) is 15.4. The van der Waals surface area contributed by atoms with Gasteiger partial charge in [0.15, 0.2) is 0 Å². The summed E-state index contributed by atoms with van der Waals surface area (Å²) in [5.41, 5.74) is 0.398. The molecule has 1 aliphatic heterocycles. The third kappa shape index (κ3) is 4.45. The second-order valence-corrected chi connectivity index (χ2v) is 8.77. The van der Waals surface area contributed by atoms with E-state index in [0.717, 1.165) is 12.1 Å². The molecule has 2 atom stereocenters. The Morgan fingerprint density at radius 1 is 1.21 bits per heavy atom. The maximum Gasteiger partial charge on any atom is 0.263 e. The van der Waals surface area contributed by atoms with Gasteiger partial charge >= 0.3 is 0 Å². The lowest BCUT2D eigenvalue weighted by Gasteiger charge is -2.36. The Morgan fingerprint density at radius 3 is 2.57 bits per heavy atom. The monoisotopic (exact) mass is 426 g/mol. The molecule has 28 heavy (non-hydrogen) atoms. The molecular formula is C19H20ClFN2O4S. The number of rotatable bonds is 4. The van der Waals surface area contributed by atoms with Gasteiger partial charge in [0.1, 0.15) is 10.7 Å². The molecule has 0 aliphatic carbocycles. The molecule has 9 heteroatoms. The predicted molar refractivity (Wildman–Crippen MR) is 105 cm³/mol. The summed E-state index contributed by atoms with van der Waals surface area (Å²) < 4.78 is 46.4. The van der Waals surface area contributed by atoms with Crippen LogP contribution in [0.1, 0.15) is 24.2 Å².